The van der Waals surface area contributed by atoms with Crippen molar-refractivity contribution in [3.05, 3.63) is 24.2 Å². The minimum atomic E-state index is -0.735. The number of aliphatic hydroxyl groups excluding tert-OH is 2. The average Bonchev–Trinajstić information content (AvgIpc) is 2.72. The van der Waals surface area contributed by atoms with Crippen molar-refractivity contribution in [1.29, 1.82) is 0 Å². The fourth-order valence-electron chi connectivity index (χ4n) is 1.84. The Bertz CT molecular complexity index is 252. The lowest BCUT2D eigenvalue weighted by molar-refractivity contribution is -0.0209. The van der Waals surface area contributed by atoms with Crippen LogP contribution in [-0.4, -0.2) is 22.4 Å². The average molecular weight is 212 g/mol. The van der Waals surface area contributed by atoms with Gasteiger partial charge >= 0.3 is 0 Å². The zero-order chi connectivity index (χ0) is 11.3. The number of aliphatic hydroxyl groups is 2. The van der Waals surface area contributed by atoms with Crippen LogP contribution in [-0.2, 0) is 6.42 Å². The van der Waals surface area contributed by atoms with Crippen molar-refractivity contribution < 1.29 is 14.6 Å². The Labute approximate surface area is 90.7 Å². The second-order valence-electron chi connectivity index (χ2n) is 3.92. The molecule has 1 aromatic heterocycles. The molecule has 2 atom stereocenters. The summed E-state index contributed by atoms with van der Waals surface area (Å²) in [6, 6.07) is 3.59. The van der Waals surface area contributed by atoms with E-state index < -0.39 is 12.2 Å². The Morgan fingerprint density at radius 2 is 1.93 bits per heavy atom. The van der Waals surface area contributed by atoms with E-state index >= 15 is 0 Å². The molecule has 0 bridgehead atoms. The standard InChI is InChI=1S/C12H20O3/c1-3-9(4-2)12(14)11(13)8-10-6-5-7-15-10/h5-7,9,11-14H,3-4,8H2,1-2H3. The SMILES string of the molecule is CCC(CC)C(O)C(O)Cc1ccco1. The summed E-state index contributed by atoms with van der Waals surface area (Å²) >= 11 is 0. The first-order valence-electron chi connectivity index (χ1n) is 5.57. The zero-order valence-electron chi connectivity index (χ0n) is 9.39. The van der Waals surface area contributed by atoms with Gasteiger partial charge in [-0.1, -0.05) is 26.7 Å². The molecular weight excluding hydrogens is 192 g/mol. The lowest BCUT2D eigenvalue weighted by Gasteiger charge is -2.24. The molecule has 1 rings (SSSR count). The normalized spacial score (nSPS) is 15.5. The van der Waals surface area contributed by atoms with E-state index in [0.29, 0.717) is 12.2 Å². The fourth-order valence-corrected chi connectivity index (χ4v) is 1.84. The molecule has 15 heavy (non-hydrogen) atoms. The third kappa shape index (κ3) is 3.36. The van der Waals surface area contributed by atoms with Gasteiger partial charge in [-0.2, -0.15) is 0 Å². The molecule has 0 aliphatic heterocycles. The van der Waals surface area contributed by atoms with Crippen LogP contribution >= 0.6 is 0 Å². The summed E-state index contributed by atoms with van der Waals surface area (Å²) in [5.74, 6) is 0.877. The van der Waals surface area contributed by atoms with Crippen LogP contribution in [0.25, 0.3) is 0 Å². The molecule has 1 heterocycles. The van der Waals surface area contributed by atoms with Crippen LogP contribution in [0.4, 0.5) is 0 Å². The molecule has 0 amide bonds. The van der Waals surface area contributed by atoms with Crippen LogP contribution in [0, 0.1) is 5.92 Å². The van der Waals surface area contributed by atoms with Gasteiger partial charge in [-0.05, 0) is 18.1 Å². The van der Waals surface area contributed by atoms with Gasteiger partial charge in [0.2, 0.25) is 0 Å². The minimum absolute atomic E-state index is 0.162. The Morgan fingerprint density at radius 1 is 1.27 bits per heavy atom. The lowest BCUT2D eigenvalue weighted by Crippen LogP contribution is -2.34. The zero-order valence-corrected chi connectivity index (χ0v) is 9.39. The van der Waals surface area contributed by atoms with Crippen molar-refractivity contribution in [3.8, 4) is 0 Å². The van der Waals surface area contributed by atoms with E-state index in [0.717, 1.165) is 12.8 Å². The second kappa shape index (κ2) is 5.93. The Kier molecular flexibility index (Phi) is 4.85. The molecule has 3 heteroatoms. The molecule has 2 unspecified atom stereocenters. The quantitative estimate of drug-likeness (QED) is 0.758. The predicted molar refractivity (Wildman–Crippen MR) is 58.5 cm³/mol. The van der Waals surface area contributed by atoms with Crippen molar-refractivity contribution in [2.75, 3.05) is 0 Å². The summed E-state index contributed by atoms with van der Waals surface area (Å²) in [6.45, 7) is 4.05. The Morgan fingerprint density at radius 3 is 2.40 bits per heavy atom. The summed E-state index contributed by atoms with van der Waals surface area (Å²) in [7, 11) is 0. The molecule has 0 aliphatic carbocycles. The van der Waals surface area contributed by atoms with Gasteiger partial charge in [0.1, 0.15) is 5.76 Å². The maximum absolute atomic E-state index is 9.88. The van der Waals surface area contributed by atoms with Gasteiger partial charge in [-0.15, -0.1) is 0 Å². The highest BCUT2D eigenvalue weighted by Gasteiger charge is 2.24. The van der Waals surface area contributed by atoms with Crippen molar-refractivity contribution in [2.45, 2.75) is 45.3 Å². The second-order valence-corrected chi connectivity index (χ2v) is 3.92. The summed E-state index contributed by atoms with van der Waals surface area (Å²) in [6.07, 6.45) is 2.32. The van der Waals surface area contributed by atoms with Crippen LogP contribution in [0.1, 0.15) is 32.4 Å². The number of hydrogen-bond acceptors (Lipinski definition) is 3. The van der Waals surface area contributed by atoms with E-state index in [1.807, 2.05) is 19.9 Å². The van der Waals surface area contributed by atoms with Gasteiger partial charge < -0.3 is 14.6 Å². The third-order valence-electron chi connectivity index (χ3n) is 2.92. The Balaban J connectivity index is 2.48. The monoisotopic (exact) mass is 212 g/mol. The van der Waals surface area contributed by atoms with Crippen LogP contribution in [0.15, 0.2) is 22.8 Å². The maximum Gasteiger partial charge on any atom is 0.106 e. The van der Waals surface area contributed by atoms with Crippen molar-refractivity contribution in [3.63, 3.8) is 0 Å². The van der Waals surface area contributed by atoms with E-state index in [1.54, 1.807) is 12.3 Å². The maximum atomic E-state index is 9.88. The summed E-state index contributed by atoms with van der Waals surface area (Å²) in [5.41, 5.74) is 0. The van der Waals surface area contributed by atoms with Crippen LogP contribution in [0.3, 0.4) is 0 Å². The highest BCUT2D eigenvalue weighted by molar-refractivity contribution is 5.00. The van der Waals surface area contributed by atoms with Gasteiger partial charge in [-0.25, -0.2) is 0 Å². The fraction of sp³-hybridized carbons (Fsp3) is 0.667. The highest BCUT2D eigenvalue weighted by Crippen LogP contribution is 2.18. The molecule has 0 spiro atoms. The number of rotatable bonds is 6. The first-order chi connectivity index (χ1) is 7.19. The topological polar surface area (TPSA) is 53.6 Å². The first-order valence-corrected chi connectivity index (χ1v) is 5.57. The first kappa shape index (κ1) is 12.3. The van der Waals surface area contributed by atoms with E-state index in [2.05, 4.69) is 0 Å². The van der Waals surface area contributed by atoms with E-state index in [9.17, 15) is 10.2 Å². The lowest BCUT2D eigenvalue weighted by atomic mass is 9.91. The van der Waals surface area contributed by atoms with Gasteiger partial charge in [-0.3, -0.25) is 0 Å². The summed E-state index contributed by atoms with van der Waals surface area (Å²) < 4.78 is 5.13. The molecule has 0 fully saturated rings. The van der Waals surface area contributed by atoms with Crippen molar-refractivity contribution in [2.24, 2.45) is 5.92 Å². The molecule has 2 N–H and O–H groups in total. The smallest absolute Gasteiger partial charge is 0.106 e. The molecule has 0 saturated carbocycles. The summed E-state index contributed by atoms with van der Waals surface area (Å²) in [4.78, 5) is 0. The van der Waals surface area contributed by atoms with Gasteiger partial charge in [0, 0.05) is 6.42 Å². The molecular formula is C12H20O3. The van der Waals surface area contributed by atoms with Crippen molar-refractivity contribution >= 4 is 0 Å². The number of hydrogen-bond donors (Lipinski definition) is 2. The Hall–Kier alpha value is -0.800. The molecule has 86 valence electrons. The minimum Gasteiger partial charge on any atom is -0.469 e. The highest BCUT2D eigenvalue weighted by atomic mass is 16.3. The molecule has 0 radical (unpaired) electrons. The molecule has 0 aliphatic rings. The van der Waals surface area contributed by atoms with Crippen molar-refractivity contribution in [1.82, 2.24) is 0 Å². The molecule has 1 aromatic rings. The third-order valence-corrected chi connectivity index (χ3v) is 2.92. The van der Waals surface area contributed by atoms with E-state index in [1.165, 1.54) is 0 Å². The molecule has 3 nitrogen and oxygen atoms in total. The molecule has 0 saturated heterocycles. The van der Waals surface area contributed by atoms with Crippen LogP contribution < -0.4 is 0 Å². The van der Waals surface area contributed by atoms with E-state index in [-0.39, 0.29) is 5.92 Å². The predicted octanol–water partition coefficient (Wildman–Crippen LogP) is 1.98. The van der Waals surface area contributed by atoms with Gasteiger partial charge in [0.05, 0.1) is 18.5 Å². The summed E-state index contributed by atoms with van der Waals surface area (Å²) in [5, 5.41) is 19.7. The van der Waals surface area contributed by atoms with Gasteiger partial charge in [0.15, 0.2) is 0 Å². The van der Waals surface area contributed by atoms with E-state index in [4.69, 9.17) is 4.42 Å². The van der Waals surface area contributed by atoms with Crippen LogP contribution in [0.2, 0.25) is 0 Å². The van der Waals surface area contributed by atoms with Gasteiger partial charge in [0.25, 0.3) is 0 Å². The molecule has 0 aromatic carbocycles. The number of furan rings is 1. The van der Waals surface area contributed by atoms with Crippen LogP contribution in [0.5, 0.6) is 0 Å². The largest absolute Gasteiger partial charge is 0.469 e.